The van der Waals surface area contributed by atoms with E-state index < -0.39 is 9.84 Å². The Morgan fingerprint density at radius 1 is 1.47 bits per heavy atom. The van der Waals surface area contributed by atoms with E-state index in [9.17, 15) is 8.42 Å². The Morgan fingerprint density at radius 2 is 2.12 bits per heavy atom. The topological polar surface area (TPSA) is 55.4 Å². The largest absolute Gasteiger partial charge is 0.379 e. The van der Waals surface area contributed by atoms with Gasteiger partial charge in [0.25, 0.3) is 0 Å². The van der Waals surface area contributed by atoms with Crippen LogP contribution in [0.15, 0.2) is 0 Å². The highest BCUT2D eigenvalue weighted by molar-refractivity contribution is 7.91. The summed E-state index contributed by atoms with van der Waals surface area (Å²) in [6, 6.07) is 0.279. The summed E-state index contributed by atoms with van der Waals surface area (Å²) in [7, 11) is 0.848. The minimum Gasteiger partial charge on any atom is -0.379 e. The molecule has 1 aliphatic heterocycles. The molecule has 1 aliphatic rings. The van der Waals surface area contributed by atoms with Gasteiger partial charge in [0.15, 0.2) is 9.84 Å². The molecule has 2 unspecified atom stereocenters. The SMILES string of the molecule is CNC(CCC(C)(C)OC)C1CCS(=O)(=O)C1. The lowest BCUT2D eigenvalue weighted by Crippen LogP contribution is -2.36. The van der Waals surface area contributed by atoms with Crippen LogP contribution in [0.25, 0.3) is 0 Å². The lowest BCUT2D eigenvalue weighted by Gasteiger charge is -2.28. The molecule has 1 N–H and O–H groups in total. The monoisotopic (exact) mass is 263 g/mol. The Hall–Kier alpha value is -0.130. The molecule has 0 aliphatic carbocycles. The number of ether oxygens (including phenoxy) is 1. The summed E-state index contributed by atoms with van der Waals surface area (Å²) < 4.78 is 28.3. The predicted octanol–water partition coefficient (Wildman–Crippen LogP) is 1.21. The van der Waals surface area contributed by atoms with E-state index in [-0.39, 0.29) is 17.6 Å². The molecule has 2 atom stereocenters. The maximum atomic E-state index is 11.5. The second kappa shape index (κ2) is 5.67. The molecule has 1 heterocycles. The average Bonchev–Trinajstić information content (AvgIpc) is 2.60. The molecule has 4 nitrogen and oxygen atoms in total. The molecule has 1 saturated heterocycles. The lowest BCUT2D eigenvalue weighted by molar-refractivity contribution is 0.0107. The first-order valence-corrected chi connectivity index (χ1v) is 8.04. The van der Waals surface area contributed by atoms with Crippen LogP contribution in [-0.2, 0) is 14.6 Å². The molecule has 0 amide bonds. The maximum Gasteiger partial charge on any atom is 0.150 e. The van der Waals surface area contributed by atoms with Crippen LogP contribution in [-0.4, -0.2) is 45.7 Å². The van der Waals surface area contributed by atoms with Crippen molar-refractivity contribution >= 4 is 9.84 Å². The summed E-state index contributed by atoms with van der Waals surface area (Å²) in [4.78, 5) is 0. The molecule has 0 aromatic heterocycles. The molecular weight excluding hydrogens is 238 g/mol. The minimum atomic E-state index is -2.78. The van der Waals surface area contributed by atoms with Gasteiger partial charge in [-0.1, -0.05) is 0 Å². The molecular formula is C12H25NO3S. The lowest BCUT2D eigenvalue weighted by atomic mass is 9.91. The Morgan fingerprint density at radius 3 is 2.53 bits per heavy atom. The number of hydrogen-bond acceptors (Lipinski definition) is 4. The maximum absolute atomic E-state index is 11.5. The van der Waals surface area contributed by atoms with Gasteiger partial charge in [0.2, 0.25) is 0 Å². The summed E-state index contributed by atoms with van der Waals surface area (Å²) in [5.41, 5.74) is -0.132. The first-order valence-electron chi connectivity index (χ1n) is 6.22. The highest BCUT2D eigenvalue weighted by Crippen LogP contribution is 2.26. The average molecular weight is 263 g/mol. The van der Waals surface area contributed by atoms with Crippen LogP contribution in [0.2, 0.25) is 0 Å². The van der Waals surface area contributed by atoms with E-state index >= 15 is 0 Å². The van der Waals surface area contributed by atoms with Crippen LogP contribution >= 0.6 is 0 Å². The van der Waals surface area contributed by atoms with E-state index in [0.717, 1.165) is 19.3 Å². The molecule has 102 valence electrons. The van der Waals surface area contributed by atoms with Crippen molar-refractivity contribution in [1.29, 1.82) is 0 Å². The Labute approximate surface area is 105 Å². The van der Waals surface area contributed by atoms with E-state index in [1.54, 1.807) is 7.11 Å². The van der Waals surface area contributed by atoms with Crippen molar-refractivity contribution in [3.8, 4) is 0 Å². The van der Waals surface area contributed by atoms with Crippen molar-refractivity contribution < 1.29 is 13.2 Å². The standard InChI is InChI=1S/C12H25NO3S/c1-12(2,16-4)7-5-11(13-3)10-6-8-17(14,15)9-10/h10-11,13H,5-9H2,1-4H3. The van der Waals surface area contributed by atoms with Gasteiger partial charge in [0, 0.05) is 13.2 Å². The second-order valence-electron chi connectivity index (χ2n) is 5.56. The van der Waals surface area contributed by atoms with E-state index in [1.165, 1.54) is 0 Å². The number of methoxy groups -OCH3 is 1. The zero-order valence-electron chi connectivity index (χ0n) is 11.3. The molecule has 0 bridgehead atoms. The van der Waals surface area contributed by atoms with Gasteiger partial charge in [-0.2, -0.15) is 0 Å². The van der Waals surface area contributed by atoms with Crippen molar-refractivity contribution in [1.82, 2.24) is 5.32 Å². The fourth-order valence-electron chi connectivity index (χ4n) is 2.36. The Balaban J connectivity index is 2.50. The summed E-state index contributed by atoms with van der Waals surface area (Å²) >= 11 is 0. The third-order valence-corrected chi connectivity index (χ3v) is 5.61. The van der Waals surface area contributed by atoms with Gasteiger partial charge >= 0.3 is 0 Å². The first kappa shape index (κ1) is 14.9. The van der Waals surface area contributed by atoms with E-state index in [4.69, 9.17) is 4.74 Å². The third kappa shape index (κ3) is 4.56. The second-order valence-corrected chi connectivity index (χ2v) is 7.79. The molecule has 5 heteroatoms. The van der Waals surface area contributed by atoms with Crippen LogP contribution in [0, 0.1) is 5.92 Å². The van der Waals surface area contributed by atoms with Gasteiger partial charge in [-0.25, -0.2) is 8.42 Å². The molecule has 0 aromatic carbocycles. The van der Waals surface area contributed by atoms with Gasteiger partial charge in [-0.05, 0) is 46.1 Å². The van der Waals surface area contributed by atoms with Gasteiger partial charge < -0.3 is 10.1 Å². The highest BCUT2D eigenvalue weighted by atomic mass is 32.2. The molecule has 0 aromatic rings. The van der Waals surface area contributed by atoms with Crippen LogP contribution in [0.3, 0.4) is 0 Å². The molecule has 17 heavy (non-hydrogen) atoms. The van der Waals surface area contributed by atoms with Crippen molar-refractivity contribution in [2.24, 2.45) is 5.92 Å². The van der Waals surface area contributed by atoms with Crippen LogP contribution in [0.4, 0.5) is 0 Å². The number of hydrogen-bond donors (Lipinski definition) is 1. The van der Waals surface area contributed by atoms with Gasteiger partial charge in [0.1, 0.15) is 0 Å². The number of nitrogens with one attached hydrogen (secondary N) is 1. The molecule has 0 saturated carbocycles. The summed E-state index contributed by atoms with van der Waals surface area (Å²) in [5, 5.41) is 3.26. The smallest absolute Gasteiger partial charge is 0.150 e. The predicted molar refractivity (Wildman–Crippen MR) is 69.9 cm³/mol. The number of sulfone groups is 1. The summed E-state index contributed by atoms with van der Waals surface area (Å²) in [6.07, 6.45) is 2.68. The first-order chi connectivity index (χ1) is 7.79. The van der Waals surface area contributed by atoms with Crippen LogP contribution in [0.1, 0.15) is 33.1 Å². The molecule has 1 rings (SSSR count). The quantitative estimate of drug-likeness (QED) is 0.783. The molecule has 0 spiro atoms. The molecule has 1 fully saturated rings. The van der Waals surface area contributed by atoms with Crippen molar-refractivity contribution in [3.05, 3.63) is 0 Å². The highest BCUT2D eigenvalue weighted by Gasteiger charge is 2.33. The fraction of sp³-hybridized carbons (Fsp3) is 1.00. The van der Waals surface area contributed by atoms with E-state index in [1.807, 2.05) is 7.05 Å². The van der Waals surface area contributed by atoms with E-state index in [0.29, 0.717) is 11.5 Å². The van der Waals surface area contributed by atoms with Crippen molar-refractivity contribution in [3.63, 3.8) is 0 Å². The summed E-state index contributed by atoms with van der Waals surface area (Å²) in [5.74, 6) is 0.952. The normalized spacial score (nSPS) is 26.0. The molecule has 0 radical (unpaired) electrons. The Bertz CT molecular complexity index is 338. The van der Waals surface area contributed by atoms with Gasteiger partial charge in [0.05, 0.1) is 17.1 Å². The van der Waals surface area contributed by atoms with E-state index in [2.05, 4.69) is 19.2 Å². The Kier molecular flexibility index (Phi) is 4.98. The minimum absolute atomic E-state index is 0.132. The van der Waals surface area contributed by atoms with Crippen molar-refractivity contribution in [2.45, 2.75) is 44.8 Å². The van der Waals surface area contributed by atoms with Crippen molar-refractivity contribution in [2.75, 3.05) is 25.7 Å². The van der Waals surface area contributed by atoms with Crippen LogP contribution in [0.5, 0.6) is 0 Å². The zero-order chi connectivity index (χ0) is 13.1. The van der Waals surface area contributed by atoms with Gasteiger partial charge in [-0.15, -0.1) is 0 Å². The summed E-state index contributed by atoms with van der Waals surface area (Å²) in [6.45, 7) is 4.12. The van der Waals surface area contributed by atoms with Gasteiger partial charge in [-0.3, -0.25) is 0 Å². The third-order valence-electron chi connectivity index (χ3n) is 3.82. The number of rotatable bonds is 6. The zero-order valence-corrected chi connectivity index (χ0v) is 12.1. The fourth-order valence-corrected chi connectivity index (χ4v) is 4.24. The van der Waals surface area contributed by atoms with Crippen LogP contribution < -0.4 is 5.32 Å².